The van der Waals surface area contributed by atoms with Crippen LogP contribution in [0.15, 0.2) is 23.7 Å². The second kappa shape index (κ2) is 5.63. The SMILES string of the molecule is Cc1ncsc1-c1ccc(C#N)c(NCCO)c1. The molecule has 92 valence electrons. The van der Waals surface area contributed by atoms with Crippen LogP contribution >= 0.6 is 11.3 Å². The lowest BCUT2D eigenvalue weighted by molar-refractivity contribution is 0.311. The minimum absolute atomic E-state index is 0.0364. The number of hydrogen-bond acceptors (Lipinski definition) is 5. The maximum absolute atomic E-state index is 9.03. The van der Waals surface area contributed by atoms with Crippen LogP contribution in [0.2, 0.25) is 0 Å². The topological polar surface area (TPSA) is 68.9 Å². The Balaban J connectivity index is 2.40. The van der Waals surface area contributed by atoms with Crippen LogP contribution in [0.25, 0.3) is 10.4 Å². The molecular weight excluding hydrogens is 246 g/mol. The normalized spacial score (nSPS) is 10.1. The van der Waals surface area contributed by atoms with Gasteiger partial charge in [-0.15, -0.1) is 11.3 Å². The van der Waals surface area contributed by atoms with E-state index in [9.17, 15) is 0 Å². The van der Waals surface area contributed by atoms with Gasteiger partial charge in [-0.25, -0.2) is 4.98 Å². The number of nitriles is 1. The predicted octanol–water partition coefficient (Wildman–Crippen LogP) is 2.39. The van der Waals surface area contributed by atoms with E-state index in [1.807, 2.05) is 24.6 Å². The number of hydrogen-bond donors (Lipinski definition) is 2. The minimum atomic E-state index is 0.0364. The van der Waals surface area contributed by atoms with Crippen LogP contribution in [0.4, 0.5) is 5.69 Å². The van der Waals surface area contributed by atoms with E-state index in [-0.39, 0.29) is 6.61 Å². The number of benzene rings is 1. The Labute approximate surface area is 110 Å². The van der Waals surface area contributed by atoms with Crippen LogP contribution in [0.3, 0.4) is 0 Å². The molecule has 0 spiro atoms. The number of nitrogens with one attached hydrogen (secondary N) is 1. The first-order valence-corrected chi connectivity index (χ1v) is 6.43. The van der Waals surface area contributed by atoms with Crippen molar-refractivity contribution in [1.29, 1.82) is 5.26 Å². The van der Waals surface area contributed by atoms with E-state index < -0.39 is 0 Å². The lowest BCUT2D eigenvalue weighted by Gasteiger charge is -2.08. The lowest BCUT2D eigenvalue weighted by Crippen LogP contribution is -2.06. The number of thiazole rings is 1. The van der Waals surface area contributed by atoms with Gasteiger partial charge in [-0.1, -0.05) is 6.07 Å². The summed E-state index contributed by atoms with van der Waals surface area (Å²) >= 11 is 1.58. The Morgan fingerprint density at radius 1 is 1.50 bits per heavy atom. The number of aryl methyl sites for hydroxylation is 1. The van der Waals surface area contributed by atoms with Crippen molar-refractivity contribution >= 4 is 17.0 Å². The van der Waals surface area contributed by atoms with Gasteiger partial charge in [0.05, 0.1) is 33.9 Å². The summed E-state index contributed by atoms with van der Waals surface area (Å²) in [7, 11) is 0. The Morgan fingerprint density at radius 2 is 2.33 bits per heavy atom. The van der Waals surface area contributed by atoms with Gasteiger partial charge >= 0.3 is 0 Å². The molecule has 0 aliphatic heterocycles. The van der Waals surface area contributed by atoms with Gasteiger partial charge in [-0.3, -0.25) is 0 Å². The summed E-state index contributed by atoms with van der Waals surface area (Å²) in [4.78, 5) is 5.32. The van der Waals surface area contributed by atoms with E-state index in [1.165, 1.54) is 0 Å². The molecule has 0 unspecified atom stereocenters. The van der Waals surface area contributed by atoms with Crippen LogP contribution in [0, 0.1) is 18.3 Å². The van der Waals surface area contributed by atoms with Crippen molar-refractivity contribution in [1.82, 2.24) is 4.98 Å². The van der Waals surface area contributed by atoms with Crippen molar-refractivity contribution in [2.75, 3.05) is 18.5 Å². The molecule has 4 nitrogen and oxygen atoms in total. The molecule has 5 heteroatoms. The van der Waals surface area contributed by atoms with Crippen LogP contribution in [-0.4, -0.2) is 23.2 Å². The molecule has 0 aliphatic rings. The zero-order chi connectivity index (χ0) is 13.0. The third kappa shape index (κ3) is 2.50. The quantitative estimate of drug-likeness (QED) is 0.884. The zero-order valence-electron chi connectivity index (χ0n) is 9.97. The first-order valence-electron chi connectivity index (χ1n) is 5.55. The van der Waals surface area contributed by atoms with E-state index >= 15 is 0 Å². The first kappa shape index (κ1) is 12.6. The Hall–Kier alpha value is -1.90. The molecular formula is C13H13N3OS. The summed E-state index contributed by atoms with van der Waals surface area (Å²) in [6.07, 6.45) is 0. The number of nitrogens with zero attached hydrogens (tertiary/aromatic N) is 2. The summed E-state index contributed by atoms with van der Waals surface area (Å²) in [6, 6.07) is 7.77. The molecule has 1 heterocycles. The molecule has 0 bridgehead atoms. The van der Waals surface area contributed by atoms with Crippen molar-refractivity contribution in [3.63, 3.8) is 0 Å². The number of rotatable bonds is 4. The van der Waals surface area contributed by atoms with E-state index in [1.54, 1.807) is 17.4 Å². The molecule has 18 heavy (non-hydrogen) atoms. The number of aromatic nitrogens is 1. The van der Waals surface area contributed by atoms with Gasteiger partial charge in [0, 0.05) is 6.54 Å². The highest BCUT2D eigenvalue weighted by Gasteiger charge is 2.08. The van der Waals surface area contributed by atoms with Crippen molar-refractivity contribution in [3.05, 3.63) is 35.0 Å². The molecule has 0 saturated heterocycles. The molecule has 0 fully saturated rings. The van der Waals surface area contributed by atoms with Gasteiger partial charge in [0.15, 0.2) is 0 Å². The average Bonchev–Trinajstić information content (AvgIpc) is 2.82. The number of aliphatic hydroxyl groups is 1. The zero-order valence-corrected chi connectivity index (χ0v) is 10.8. The van der Waals surface area contributed by atoms with Crippen molar-refractivity contribution in [2.24, 2.45) is 0 Å². The van der Waals surface area contributed by atoms with Gasteiger partial charge in [0.1, 0.15) is 6.07 Å². The van der Waals surface area contributed by atoms with Crippen molar-refractivity contribution < 1.29 is 5.11 Å². The summed E-state index contributed by atoms with van der Waals surface area (Å²) in [5.74, 6) is 0. The largest absolute Gasteiger partial charge is 0.395 e. The second-order valence-corrected chi connectivity index (χ2v) is 4.64. The highest BCUT2D eigenvalue weighted by Crippen LogP contribution is 2.30. The Kier molecular flexibility index (Phi) is 3.92. The average molecular weight is 259 g/mol. The molecule has 1 aromatic heterocycles. The van der Waals surface area contributed by atoms with E-state index in [2.05, 4.69) is 16.4 Å². The van der Waals surface area contributed by atoms with Gasteiger partial charge in [-0.2, -0.15) is 5.26 Å². The maximum Gasteiger partial charge on any atom is 0.101 e. The third-order valence-electron chi connectivity index (χ3n) is 2.57. The summed E-state index contributed by atoms with van der Waals surface area (Å²) in [5.41, 5.74) is 5.16. The van der Waals surface area contributed by atoms with Gasteiger partial charge in [0.25, 0.3) is 0 Å². The van der Waals surface area contributed by atoms with Crippen LogP contribution in [-0.2, 0) is 0 Å². The fraction of sp³-hybridized carbons (Fsp3) is 0.231. The standard InChI is InChI=1S/C13H13N3OS/c1-9-13(18-8-16-9)10-2-3-11(7-14)12(6-10)15-4-5-17/h2-3,6,8,15,17H,4-5H2,1H3. The summed E-state index contributed by atoms with van der Waals surface area (Å²) in [6.45, 7) is 2.43. The third-order valence-corrected chi connectivity index (χ3v) is 3.55. The molecule has 1 aromatic carbocycles. The highest BCUT2D eigenvalue weighted by atomic mass is 32.1. The van der Waals surface area contributed by atoms with Gasteiger partial charge < -0.3 is 10.4 Å². The van der Waals surface area contributed by atoms with Crippen molar-refractivity contribution in [3.8, 4) is 16.5 Å². The van der Waals surface area contributed by atoms with Crippen LogP contribution < -0.4 is 5.32 Å². The fourth-order valence-electron chi connectivity index (χ4n) is 1.70. The Bertz CT molecular complexity index is 586. The lowest BCUT2D eigenvalue weighted by atomic mass is 10.1. The fourth-order valence-corrected chi connectivity index (χ4v) is 2.50. The van der Waals surface area contributed by atoms with E-state index in [0.29, 0.717) is 12.1 Å². The van der Waals surface area contributed by atoms with Gasteiger partial charge in [-0.05, 0) is 24.6 Å². The number of aliphatic hydroxyl groups excluding tert-OH is 1. The minimum Gasteiger partial charge on any atom is -0.395 e. The summed E-state index contributed by atoms with van der Waals surface area (Å²) in [5, 5.41) is 20.9. The van der Waals surface area contributed by atoms with Crippen molar-refractivity contribution in [2.45, 2.75) is 6.92 Å². The number of anilines is 1. The molecule has 0 amide bonds. The van der Waals surface area contributed by atoms with Crippen LogP contribution in [0.5, 0.6) is 0 Å². The molecule has 0 saturated carbocycles. The molecule has 0 aliphatic carbocycles. The predicted molar refractivity (Wildman–Crippen MR) is 72.6 cm³/mol. The van der Waals surface area contributed by atoms with E-state index in [4.69, 9.17) is 10.4 Å². The molecule has 2 aromatic rings. The molecule has 2 N–H and O–H groups in total. The monoisotopic (exact) mass is 259 g/mol. The summed E-state index contributed by atoms with van der Waals surface area (Å²) < 4.78 is 0. The first-order chi connectivity index (χ1) is 8.76. The smallest absolute Gasteiger partial charge is 0.101 e. The molecule has 2 rings (SSSR count). The second-order valence-electron chi connectivity index (χ2n) is 3.79. The maximum atomic E-state index is 9.03. The van der Waals surface area contributed by atoms with E-state index in [0.717, 1.165) is 21.8 Å². The van der Waals surface area contributed by atoms with Gasteiger partial charge in [0.2, 0.25) is 0 Å². The highest BCUT2D eigenvalue weighted by molar-refractivity contribution is 7.13. The van der Waals surface area contributed by atoms with Crippen LogP contribution in [0.1, 0.15) is 11.3 Å². The molecule has 0 atom stereocenters. The Morgan fingerprint density at radius 3 is 2.94 bits per heavy atom. The molecule has 0 radical (unpaired) electrons.